The lowest BCUT2D eigenvalue weighted by molar-refractivity contribution is -0.174. The number of amides is 4. The molecule has 4 aromatic carbocycles. The number of hydrogen-bond donors (Lipinski definition) is 3. The Morgan fingerprint density at radius 1 is 0.593 bits per heavy atom. The number of Topliss-reactive ketones (excluding diaryl/α,β-unsaturated/α-hetero) is 2. The Labute approximate surface area is 475 Å². The summed E-state index contributed by atoms with van der Waals surface area (Å²) in [5.41, 5.74) is 7.33. The Kier molecular flexibility index (Phi) is 24.0. The second-order valence-corrected chi connectivity index (χ2v) is 20.4. The highest BCUT2D eigenvalue weighted by atomic mass is 16.7. The maximum atomic E-state index is 13.3. The number of nitrogens with two attached hydrogens (primary N) is 1. The number of carbonyl (C=O) groups excluding carboxylic acids is 7. The first-order chi connectivity index (χ1) is 39.0. The Hall–Kier alpha value is -7.39. The van der Waals surface area contributed by atoms with E-state index in [1.54, 1.807) is 72.8 Å². The van der Waals surface area contributed by atoms with E-state index in [0.717, 1.165) is 92.8 Å². The summed E-state index contributed by atoms with van der Waals surface area (Å²) in [6, 6.07) is 28.9. The van der Waals surface area contributed by atoms with E-state index >= 15 is 0 Å². The van der Waals surface area contributed by atoms with Crippen LogP contribution in [0.1, 0.15) is 118 Å². The first kappa shape index (κ1) is 62.8. The van der Waals surface area contributed by atoms with Crippen molar-refractivity contribution in [1.29, 1.82) is 0 Å². The third-order valence-corrected chi connectivity index (χ3v) is 14.6. The van der Waals surface area contributed by atoms with Gasteiger partial charge in [0.1, 0.15) is 19.5 Å². The molecule has 18 heteroatoms. The number of carbonyl (C=O) groups is 7. The molecule has 4 saturated heterocycles. The topological polar surface area (TPSA) is 231 Å². The van der Waals surface area contributed by atoms with Gasteiger partial charge in [0, 0.05) is 86.3 Å². The first-order valence-corrected chi connectivity index (χ1v) is 27.3. The SMILES string of the molecule is CNC(=O)[C@@](C)(C(=O)COC1CCCCO1)N(C)C(=O)c1ccc(C#Cc2ccc(C=O)cc2)cc1.CNC(=O)[C@@](C)(C(=O)COC1CCCCO1)N(C)C(=O)c1ccc(C#Cc2ccc(CCC3COC3)cc2)cc1.NC1COC1. The summed E-state index contributed by atoms with van der Waals surface area (Å²) in [7, 11) is 5.72. The number of hydrogen-bond acceptors (Lipinski definition) is 14. The largest absolute Gasteiger partial charge is 0.381 e. The van der Waals surface area contributed by atoms with Gasteiger partial charge in [0.15, 0.2) is 35.2 Å². The monoisotopic (exact) mass is 1110 g/mol. The Morgan fingerprint density at radius 3 is 1.27 bits per heavy atom. The molecule has 2 unspecified atom stereocenters. The fourth-order valence-corrected chi connectivity index (χ4v) is 8.67. The highest BCUT2D eigenvalue weighted by Gasteiger charge is 2.48. The Morgan fingerprint density at radius 2 is 0.963 bits per heavy atom. The van der Waals surface area contributed by atoms with Gasteiger partial charge in [-0.05, 0) is 144 Å². The number of likely N-dealkylation sites (N-methyl/N-ethyl adjacent to an activating group) is 4. The van der Waals surface area contributed by atoms with Gasteiger partial charge in [-0.1, -0.05) is 47.9 Å². The van der Waals surface area contributed by atoms with Gasteiger partial charge in [-0.3, -0.25) is 33.6 Å². The minimum absolute atomic E-state index is 0.304. The lowest BCUT2D eigenvalue weighted by Crippen LogP contribution is -2.62. The van der Waals surface area contributed by atoms with E-state index in [1.807, 2.05) is 12.1 Å². The summed E-state index contributed by atoms with van der Waals surface area (Å²) in [5.74, 6) is 9.76. The minimum atomic E-state index is -1.77. The van der Waals surface area contributed by atoms with Crippen molar-refractivity contribution in [2.75, 3.05) is 81.0 Å². The van der Waals surface area contributed by atoms with Crippen molar-refractivity contribution in [3.8, 4) is 23.7 Å². The van der Waals surface area contributed by atoms with E-state index in [-0.39, 0.29) is 13.2 Å². The summed E-state index contributed by atoms with van der Waals surface area (Å²) >= 11 is 0. The number of aryl methyl sites for hydroxylation is 1. The summed E-state index contributed by atoms with van der Waals surface area (Å²) in [4.78, 5) is 91.6. The molecule has 0 saturated carbocycles. The van der Waals surface area contributed by atoms with Crippen molar-refractivity contribution < 1.29 is 62.0 Å². The number of ketones is 2. The molecule has 18 nitrogen and oxygen atoms in total. The van der Waals surface area contributed by atoms with Crippen LogP contribution >= 0.6 is 0 Å². The highest BCUT2D eigenvalue weighted by Crippen LogP contribution is 2.24. The van der Waals surface area contributed by atoms with E-state index in [0.29, 0.717) is 60.3 Å². The number of ether oxygens (including phenoxy) is 6. The molecule has 4 atom stereocenters. The number of aldehydes is 1. The van der Waals surface area contributed by atoms with Crippen LogP contribution in [-0.4, -0.2) is 162 Å². The van der Waals surface area contributed by atoms with Crippen LogP contribution in [0, 0.1) is 29.6 Å². The van der Waals surface area contributed by atoms with Crippen molar-refractivity contribution in [2.45, 2.75) is 94.9 Å². The molecule has 430 valence electrons. The molecule has 0 bridgehead atoms. The van der Waals surface area contributed by atoms with Crippen LogP contribution in [0.2, 0.25) is 0 Å². The van der Waals surface area contributed by atoms with Gasteiger partial charge in [0.05, 0.1) is 32.5 Å². The molecular formula is C63H75N5O13. The third kappa shape index (κ3) is 17.6. The smallest absolute Gasteiger partial charge is 0.254 e. The van der Waals surface area contributed by atoms with Gasteiger partial charge in [0.25, 0.3) is 23.6 Å². The molecule has 4 N–H and O–H groups in total. The summed E-state index contributed by atoms with van der Waals surface area (Å²) in [6.07, 6.45) is 7.14. The molecule has 8 rings (SSSR count). The lowest BCUT2D eigenvalue weighted by atomic mass is 9.92. The van der Waals surface area contributed by atoms with Crippen molar-refractivity contribution >= 4 is 41.5 Å². The zero-order valence-electron chi connectivity index (χ0n) is 47.2. The van der Waals surface area contributed by atoms with Crippen molar-refractivity contribution in [3.05, 3.63) is 142 Å². The molecule has 4 amide bonds. The lowest BCUT2D eigenvalue weighted by Gasteiger charge is -2.36. The van der Waals surface area contributed by atoms with E-state index in [1.165, 1.54) is 52.5 Å². The van der Waals surface area contributed by atoms with Crippen molar-refractivity contribution in [3.63, 3.8) is 0 Å². The van der Waals surface area contributed by atoms with Crippen molar-refractivity contribution in [1.82, 2.24) is 20.4 Å². The average Bonchev–Trinajstić information content (AvgIpc) is 3.58. The fourth-order valence-electron chi connectivity index (χ4n) is 8.67. The van der Waals surface area contributed by atoms with Crippen LogP contribution in [0.15, 0.2) is 97.1 Å². The van der Waals surface area contributed by atoms with Gasteiger partial charge < -0.3 is 54.6 Å². The maximum Gasteiger partial charge on any atom is 0.254 e. The Balaban J connectivity index is 0.000000241. The number of nitrogens with one attached hydrogen (secondary N) is 2. The van der Waals surface area contributed by atoms with Crippen molar-refractivity contribution in [2.24, 2.45) is 11.7 Å². The molecular weight excluding hydrogens is 1030 g/mol. The molecule has 4 aliphatic heterocycles. The molecule has 0 radical (unpaired) electrons. The van der Waals surface area contributed by atoms with Crippen LogP contribution < -0.4 is 16.4 Å². The molecule has 4 fully saturated rings. The first-order valence-electron chi connectivity index (χ1n) is 27.3. The second kappa shape index (κ2) is 31.0. The van der Waals surface area contributed by atoms with Gasteiger partial charge in [-0.2, -0.15) is 0 Å². The van der Waals surface area contributed by atoms with Crippen LogP contribution in [0.4, 0.5) is 0 Å². The Bertz CT molecular complexity index is 2890. The fraction of sp³-hybridized carbons (Fsp3) is 0.444. The maximum absolute atomic E-state index is 13.3. The predicted octanol–water partition coefficient (Wildman–Crippen LogP) is 5.29. The molecule has 0 spiro atoms. The van der Waals surface area contributed by atoms with Gasteiger partial charge in [-0.25, -0.2) is 0 Å². The second-order valence-electron chi connectivity index (χ2n) is 20.4. The van der Waals surface area contributed by atoms with E-state index in [9.17, 15) is 33.6 Å². The van der Waals surface area contributed by atoms with Gasteiger partial charge >= 0.3 is 0 Å². The van der Waals surface area contributed by atoms with E-state index in [2.05, 4.69) is 46.4 Å². The minimum Gasteiger partial charge on any atom is -0.381 e. The molecule has 81 heavy (non-hydrogen) atoms. The zero-order valence-corrected chi connectivity index (χ0v) is 47.2. The summed E-state index contributed by atoms with van der Waals surface area (Å²) in [6.45, 7) is 6.58. The molecule has 0 aliphatic carbocycles. The third-order valence-electron chi connectivity index (χ3n) is 14.6. The molecule has 0 aromatic heterocycles. The summed E-state index contributed by atoms with van der Waals surface area (Å²) in [5, 5.41) is 4.99. The van der Waals surface area contributed by atoms with Crippen LogP contribution in [0.3, 0.4) is 0 Å². The van der Waals surface area contributed by atoms with Gasteiger partial charge in [-0.15, -0.1) is 0 Å². The highest BCUT2D eigenvalue weighted by molar-refractivity contribution is 6.15. The average molecular weight is 1110 g/mol. The normalized spacial score (nSPS) is 18.1. The standard InChI is InChI=1S/C32H38N2O6.C28H30N2O6.C3H7NO/c1-32(31(37)33-2,28(35)22-40-29-6-4-5-19-39-29)34(3)30(36)27-17-15-25(16-18-27)12-11-23-7-9-24(10-8-23)13-14-26-20-38-21-26;1-28(27(34)29-2,24(32)19-36-25-6-4-5-17-35-25)30(3)26(33)23-15-13-21(14-16-23)8-7-20-9-11-22(18-31)12-10-20;4-3-1-5-2-3/h7-10,15-18,26,29H,4-6,13-14,19-22H2,1-3H3,(H,33,37);9-16,18,25H,4-6,17,19H2,1-3H3,(H,29,34);3H,1-2,4H2/t29?,32-;25?,28-;/m11./s1. The number of rotatable bonds is 18. The number of benzene rings is 4. The predicted molar refractivity (Wildman–Crippen MR) is 303 cm³/mol. The van der Waals surface area contributed by atoms with E-state index in [4.69, 9.17) is 34.2 Å². The van der Waals surface area contributed by atoms with Crippen LogP contribution in [0.25, 0.3) is 0 Å². The quantitative estimate of drug-likeness (QED) is 0.0654. The number of nitrogens with zero attached hydrogens (tertiary/aromatic N) is 2. The van der Waals surface area contributed by atoms with Gasteiger partial charge in [0.2, 0.25) is 0 Å². The summed E-state index contributed by atoms with van der Waals surface area (Å²) < 4.78 is 32.2. The molecule has 4 heterocycles. The zero-order chi connectivity index (χ0) is 58.4. The van der Waals surface area contributed by atoms with Crippen LogP contribution in [-0.2, 0) is 54.0 Å². The van der Waals surface area contributed by atoms with E-state index < -0.39 is 58.9 Å². The van der Waals surface area contributed by atoms with Crippen LogP contribution in [0.5, 0.6) is 0 Å². The molecule has 4 aliphatic rings. The molecule has 4 aromatic rings.